The molecule has 1 saturated carbocycles. The van der Waals surface area contributed by atoms with Crippen LogP contribution in [0.5, 0.6) is 0 Å². The first-order valence-electron chi connectivity index (χ1n) is 7.88. The molecule has 1 fully saturated rings. The molecule has 0 aliphatic heterocycles. The Morgan fingerprint density at radius 3 is 2.67 bits per heavy atom. The lowest BCUT2D eigenvalue weighted by atomic mass is 9.79. The summed E-state index contributed by atoms with van der Waals surface area (Å²) in [6.45, 7) is 4.75. The monoisotopic (exact) mass is 290 g/mol. The molecule has 2 unspecified atom stereocenters. The van der Waals surface area contributed by atoms with Gasteiger partial charge in [0.15, 0.2) is 0 Å². The third-order valence-corrected chi connectivity index (χ3v) is 4.57. The lowest BCUT2D eigenvalue weighted by molar-refractivity contribution is -0.162. The topological polar surface area (TPSA) is 35.5 Å². The first kappa shape index (κ1) is 16.0. The second kappa shape index (κ2) is 7.08. The highest BCUT2D eigenvalue weighted by Crippen LogP contribution is 2.45. The number of esters is 1. The van der Waals surface area contributed by atoms with Crippen LogP contribution in [-0.4, -0.2) is 19.2 Å². The average molecular weight is 290 g/mol. The fourth-order valence-corrected chi connectivity index (χ4v) is 3.44. The molecule has 1 aromatic rings. The molecule has 2 rings (SSSR count). The zero-order valence-corrected chi connectivity index (χ0v) is 13.4. The molecule has 0 spiro atoms. The van der Waals surface area contributed by atoms with Crippen LogP contribution in [0.2, 0.25) is 0 Å². The molecule has 0 saturated heterocycles. The normalized spacial score (nSPS) is 25.0. The predicted octanol–water partition coefficient (Wildman–Crippen LogP) is 4.02. The van der Waals surface area contributed by atoms with Gasteiger partial charge in [-0.2, -0.15) is 0 Å². The highest BCUT2D eigenvalue weighted by Gasteiger charge is 2.49. The highest BCUT2D eigenvalue weighted by atomic mass is 16.5. The van der Waals surface area contributed by atoms with E-state index in [1.54, 1.807) is 0 Å². The molecule has 116 valence electrons. The van der Waals surface area contributed by atoms with E-state index in [4.69, 9.17) is 9.47 Å². The molecular weight excluding hydrogens is 264 g/mol. The van der Waals surface area contributed by atoms with E-state index in [0.717, 1.165) is 37.7 Å². The van der Waals surface area contributed by atoms with Crippen molar-refractivity contribution in [3.8, 4) is 0 Å². The van der Waals surface area contributed by atoms with Crippen molar-refractivity contribution in [2.45, 2.75) is 58.7 Å². The van der Waals surface area contributed by atoms with Crippen LogP contribution in [0.1, 0.15) is 50.2 Å². The molecular formula is C18H26O3. The number of ether oxygens (including phenoxy) is 2. The fraction of sp³-hybridized carbons (Fsp3) is 0.611. The number of carbonyl (C=O) groups is 1. The smallest absolute Gasteiger partial charge is 0.314 e. The Hall–Kier alpha value is -1.35. The van der Waals surface area contributed by atoms with Crippen LogP contribution in [0, 0.1) is 12.3 Å². The van der Waals surface area contributed by atoms with Gasteiger partial charge in [0.1, 0.15) is 0 Å². The van der Waals surface area contributed by atoms with Gasteiger partial charge in [0.2, 0.25) is 0 Å². The quantitative estimate of drug-likeness (QED) is 0.742. The van der Waals surface area contributed by atoms with Gasteiger partial charge in [-0.25, -0.2) is 0 Å². The maximum absolute atomic E-state index is 12.3. The van der Waals surface area contributed by atoms with Crippen molar-refractivity contribution in [1.82, 2.24) is 0 Å². The Balaban J connectivity index is 2.06. The van der Waals surface area contributed by atoms with E-state index in [-0.39, 0.29) is 12.1 Å². The maximum atomic E-state index is 12.3. The Kier molecular flexibility index (Phi) is 5.40. The minimum Gasteiger partial charge on any atom is -0.469 e. The molecule has 0 amide bonds. The lowest BCUT2D eigenvalue weighted by Gasteiger charge is -2.32. The molecule has 1 aliphatic rings. The molecule has 3 heteroatoms. The molecule has 21 heavy (non-hydrogen) atoms. The van der Waals surface area contributed by atoms with Gasteiger partial charge in [-0.1, -0.05) is 43.2 Å². The first-order valence-corrected chi connectivity index (χ1v) is 7.88. The molecule has 0 N–H and O–H groups in total. The van der Waals surface area contributed by atoms with Crippen LogP contribution in [0.15, 0.2) is 24.3 Å². The van der Waals surface area contributed by atoms with E-state index in [1.165, 1.54) is 12.7 Å². The molecule has 2 atom stereocenters. The summed E-state index contributed by atoms with van der Waals surface area (Å²) in [5, 5.41) is 0. The van der Waals surface area contributed by atoms with Crippen LogP contribution in [-0.2, 0) is 20.9 Å². The Morgan fingerprint density at radius 1 is 1.33 bits per heavy atom. The van der Waals surface area contributed by atoms with Crippen molar-refractivity contribution in [2.75, 3.05) is 7.11 Å². The van der Waals surface area contributed by atoms with Crippen molar-refractivity contribution in [3.05, 3.63) is 35.4 Å². The number of aryl methyl sites for hydroxylation is 1. The van der Waals surface area contributed by atoms with Crippen molar-refractivity contribution in [2.24, 2.45) is 5.41 Å². The minimum atomic E-state index is -0.436. The standard InChI is InChI=1S/C18H26O3/c1-4-11-18(17(19)20-3)12-5-6-16(18)21-13-15-9-7-14(2)8-10-15/h7-10,16H,4-6,11-13H2,1-3H3. The summed E-state index contributed by atoms with van der Waals surface area (Å²) in [6, 6.07) is 8.35. The molecule has 0 aromatic heterocycles. The van der Waals surface area contributed by atoms with Gasteiger partial charge >= 0.3 is 5.97 Å². The number of benzene rings is 1. The Morgan fingerprint density at radius 2 is 2.05 bits per heavy atom. The van der Waals surface area contributed by atoms with Crippen molar-refractivity contribution in [3.63, 3.8) is 0 Å². The number of hydrogen-bond donors (Lipinski definition) is 0. The van der Waals surface area contributed by atoms with E-state index < -0.39 is 5.41 Å². The Bertz CT molecular complexity index is 466. The van der Waals surface area contributed by atoms with Gasteiger partial charge in [0.25, 0.3) is 0 Å². The largest absolute Gasteiger partial charge is 0.469 e. The molecule has 3 nitrogen and oxygen atoms in total. The van der Waals surface area contributed by atoms with Crippen LogP contribution in [0.3, 0.4) is 0 Å². The van der Waals surface area contributed by atoms with Gasteiger partial charge in [0.05, 0.1) is 25.2 Å². The van der Waals surface area contributed by atoms with E-state index in [9.17, 15) is 4.79 Å². The minimum absolute atomic E-state index is 0.0220. The maximum Gasteiger partial charge on any atom is 0.314 e. The molecule has 0 heterocycles. The highest BCUT2D eigenvalue weighted by molar-refractivity contribution is 5.78. The van der Waals surface area contributed by atoms with Gasteiger partial charge in [-0.05, 0) is 38.2 Å². The SMILES string of the molecule is CCCC1(C(=O)OC)CCCC1OCc1ccc(C)cc1. The molecule has 0 bridgehead atoms. The second-order valence-corrected chi connectivity index (χ2v) is 6.08. The van der Waals surface area contributed by atoms with Crippen LogP contribution >= 0.6 is 0 Å². The van der Waals surface area contributed by atoms with Crippen molar-refractivity contribution in [1.29, 1.82) is 0 Å². The first-order chi connectivity index (χ1) is 10.1. The zero-order valence-electron chi connectivity index (χ0n) is 13.4. The summed E-state index contributed by atoms with van der Waals surface area (Å²) in [5.41, 5.74) is 1.96. The predicted molar refractivity (Wildman–Crippen MR) is 83.0 cm³/mol. The zero-order chi connectivity index (χ0) is 15.3. The number of carbonyl (C=O) groups excluding carboxylic acids is 1. The van der Waals surface area contributed by atoms with Crippen LogP contribution < -0.4 is 0 Å². The van der Waals surface area contributed by atoms with E-state index >= 15 is 0 Å². The summed E-state index contributed by atoms with van der Waals surface area (Å²) < 4.78 is 11.2. The van der Waals surface area contributed by atoms with E-state index in [0.29, 0.717) is 6.61 Å². The third kappa shape index (κ3) is 3.46. The van der Waals surface area contributed by atoms with Gasteiger partial charge < -0.3 is 9.47 Å². The summed E-state index contributed by atoms with van der Waals surface area (Å²) in [5.74, 6) is -0.101. The van der Waals surface area contributed by atoms with Gasteiger partial charge in [-0.15, -0.1) is 0 Å². The van der Waals surface area contributed by atoms with Crippen molar-refractivity contribution < 1.29 is 14.3 Å². The fourth-order valence-electron chi connectivity index (χ4n) is 3.44. The van der Waals surface area contributed by atoms with E-state index in [2.05, 4.69) is 38.1 Å². The summed E-state index contributed by atoms with van der Waals surface area (Å²) in [7, 11) is 1.48. The Labute approximate surface area is 127 Å². The lowest BCUT2D eigenvalue weighted by Crippen LogP contribution is -2.40. The van der Waals surface area contributed by atoms with Gasteiger partial charge in [0, 0.05) is 0 Å². The van der Waals surface area contributed by atoms with Gasteiger partial charge in [-0.3, -0.25) is 4.79 Å². The number of rotatable bonds is 6. The van der Waals surface area contributed by atoms with Crippen LogP contribution in [0.25, 0.3) is 0 Å². The molecule has 1 aliphatic carbocycles. The summed E-state index contributed by atoms with van der Waals surface area (Å²) in [4.78, 5) is 12.3. The molecule has 1 aromatic carbocycles. The summed E-state index contributed by atoms with van der Waals surface area (Å²) >= 11 is 0. The number of methoxy groups -OCH3 is 1. The van der Waals surface area contributed by atoms with Crippen LogP contribution in [0.4, 0.5) is 0 Å². The average Bonchev–Trinajstić information content (AvgIpc) is 2.90. The van der Waals surface area contributed by atoms with E-state index in [1.807, 2.05) is 0 Å². The van der Waals surface area contributed by atoms with Crippen molar-refractivity contribution >= 4 is 5.97 Å². The summed E-state index contributed by atoms with van der Waals surface area (Å²) in [6.07, 6.45) is 4.66. The second-order valence-electron chi connectivity index (χ2n) is 6.08. The third-order valence-electron chi connectivity index (χ3n) is 4.57. The molecule has 0 radical (unpaired) electrons. The number of hydrogen-bond acceptors (Lipinski definition) is 3.